The van der Waals surface area contributed by atoms with E-state index in [1.54, 1.807) is 14.2 Å². The van der Waals surface area contributed by atoms with Crippen LogP contribution in [0.5, 0.6) is 11.5 Å². The van der Waals surface area contributed by atoms with Crippen LogP contribution in [0.3, 0.4) is 0 Å². The molecule has 0 aliphatic rings. The van der Waals surface area contributed by atoms with Crippen molar-refractivity contribution < 1.29 is 14.0 Å². The average molecular weight is 242 g/mol. The molecule has 0 fully saturated rings. The monoisotopic (exact) mass is 242 g/mol. The molecule has 18 heavy (non-hydrogen) atoms. The Morgan fingerprint density at radius 3 is 1.83 bits per heavy atom. The molecule has 0 saturated heterocycles. The Balaban J connectivity index is 2.08. The van der Waals surface area contributed by atoms with E-state index in [0.29, 0.717) is 0 Å². The molecule has 0 spiro atoms. The summed E-state index contributed by atoms with van der Waals surface area (Å²) in [6.07, 6.45) is 0. The molecule has 0 unspecified atom stereocenters. The van der Waals surface area contributed by atoms with Crippen molar-refractivity contribution >= 4 is 12.6 Å². The van der Waals surface area contributed by atoms with Crippen LogP contribution in [-0.2, 0) is 9.31 Å². The highest BCUT2D eigenvalue weighted by Crippen LogP contribution is 2.19. The maximum atomic E-state index is 5.70. The van der Waals surface area contributed by atoms with Gasteiger partial charge in [0.25, 0.3) is 0 Å². The van der Waals surface area contributed by atoms with E-state index in [1.165, 1.54) is 0 Å². The third-order valence-corrected chi connectivity index (χ3v) is 2.56. The van der Waals surface area contributed by atoms with Crippen LogP contribution in [0, 0.1) is 0 Å². The molecule has 0 saturated carbocycles. The van der Waals surface area contributed by atoms with Crippen molar-refractivity contribution in [3.63, 3.8) is 0 Å². The van der Waals surface area contributed by atoms with Gasteiger partial charge in [-0.1, -0.05) is 30.3 Å². The molecule has 0 radical (unpaired) electrons. The Kier molecular flexibility index (Phi) is 4.39. The zero-order valence-electron chi connectivity index (χ0n) is 10.5. The Labute approximate surface area is 107 Å². The number of hydrogen-bond acceptors (Lipinski definition) is 3. The van der Waals surface area contributed by atoms with Crippen LogP contribution in [-0.4, -0.2) is 21.3 Å². The standard InChI is InChI=1S/C14H15BO3/c1-16-15(17-2)12-8-10-14(11-9-12)18-13-6-4-3-5-7-13/h3-11H,1-2H3. The van der Waals surface area contributed by atoms with Gasteiger partial charge in [-0.2, -0.15) is 0 Å². The van der Waals surface area contributed by atoms with Crippen LogP contribution in [0.2, 0.25) is 0 Å². The van der Waals surface area contributed by atoms with Gasteiger partial charge in [-0.3, -0.25) is 0 Å². The van der Waals surface area contributed by atoms with Crippen molar-refractivity contribution in [3.05, 3.63) is 54.6 Å². The minimum absolute atomic E-state index is 0.337. The van der Waals surface area contributed by atoms with E-state index in [4.69, 9.17) is 14.0 Å². The van der Waals surface area contributed by atoms with E-state index in [-0.39, 0.29) is 7.12 Å². The molecule has 0 aromatic heterocycles. The number of benzene rings is 2. The van der Waals surface area contributed by atoms with Gasteiger partial charge in [0, 0.05) is 14.2 Å². The van der Waals surface area contributed by atoms with E-state index in [0.717, 1.165) is 17.0 Å². The predicted molar refractivity (Wildman–Crippen MR) is 72.4 cm³/mol. The summed E-state index contributed by atoms with van der Waals surface area (Å²) in [5, 5.41) is 0. The van der Waals surface area contributed by atoms with Gasteiger partial charge in [0.1, 0.15) is 11.5 Å². The smallest absolute Gasteiger partial charge is 0.457 e. The highest BCUT2D eigenvalue weighted by Gasteiger charge is 2.17. The highest BCUT2D eigenvalue weighted by molar-refractivity contribution is 6.61. The second-order valence-corrected chi connectivity index (χ2v) is 3.79. The molecule has 0 aliphatic heterocycles. The summed E-state index contributed by atoms with van der Waals surface area (Å²) in [5.74, 6) is 1.61. The molecule has 2 aromatic carbocycles. The van der Waals surface area contributed by atoms with E-state index < -0.39 is 0 Å². The molecule has 0 N–H and O–H groups in total. The van der Waals surface area contributed by atoms with Gasteiger partial charge in [-0.15, -0.1) is 0 Å². The first-order valence-corrected chi connectivity index (χ1v) is 5.72. The lowest BCUT2D eigenvalue weighted by atomic mass is 9.79. The Morgan fingerprint density at radius 2 is 1.28 bits per heavy atom. The molecule has 0 amide bonds. The Morgan fingerprint density at radius 1 is 0.722 bits per heavy atom. The first kappa shape index (κ1) is 12.7. The third-order valence-electron chi connectivity index (χ3n) is 2.56. The van der Waals surface area contributed by atoms with Crippen LogP contribution in [0.25, 0.3) is 0 Å². The van der Waals surface area contributed by atoms with Crippen molar-refractivity contribution in [2.75, 3.05) is 14.2 Å². The Bertz CT molecular complexity index is 466. The molecular weight excluding hydrogens is 227 g/mol. The van der Waals surface area contributed by atoms with Gasteiger partial charge >= 0.3 is 7.12 Å². The van der Waals surface area contributed by atoms with Gasteiger partial charge < -0.3 is 14.0 Å². The summed E-state index contributed by atoms with van der Waals surface area (Å²) in [6, 6.07) is 17.3. The van der Waals surface area contributed by atoms with Crippen LogP contribution in [0.1, 0.15) is 0 Å². The molecule has 0 atom stereocenters. The van der Waals surface area contributed by atoms with Crippen LogP contribution >= 0.6 is 0 Å². The van der Waals surface area contributed by atoms with Crippen molar-refractivity contribution in [1.29, 1.82) is 0 Å². The molecular formula is C14H15BO3. The lowest BCUT2D eigenvalue weighted by molar-refractivity contribution is 0.292. The number of rotatable bonds is 5. The van der Waals surface area contributed by atoms with Crippen molar-refractivity contribution in [2.24, 2.45) is 0 Å². The number of hydrogen-bond donors (Lipinski definition) is 0. The van der Waals surface area contributed by atoms with E-state index in [1.807, 2.05) is 54.6 Å². The zero-order valence-corrected chi connectivity index (χ0v) is 10.5. The number of para-hydroxylation sites is 1. The van der Waals surface area contributed by atoms with Crippen molar-refractivity contribution in [3.8, 4) is 11.5 Å². The molecule has 92 valence electrons. The quantitative estimate of drug-likeness (QED) is 0.754. The maximum Gasteiger partial charge on any atom is 0.493 e. The van der Waals surface area contributed by atoms with Crippen molar-refractivity contribution in [1.82, 2.24) is 0 Å². The third kappa shape index (κ3) is 3.12. The lowest BCUT2D eigenvalue weighted by Gasteiger charge is -2.10. The van der Waals surface area contributed by atoms with Gasteiger partial charge in [0.2, 0.25) is 0 Å². The van der Waals surface area contributed by atoms with Gasteiger partial charge in [-0.25, -0.2) is 0 Å². The number of ether oxygens (including phenoxy) is 1. The summed E-state index contributed by atoms with van der Waals surface area (Å²) in [7, 11) is 2.89. The summed E-state index contributed by atoms with van der Waals surface area (Å²) in [6.45, 7) is 0. The van der Waals surface area contributed by atoms with E-state index >= 15 is 0 Å². The molecule has 2 rings (SSSR count). The molecule has 4 heteroatoms. The van der Waals surface area contributed by atoms with Gasteiger partial charge in [0.15, 0.2) is 0 Å². The molecule has 0 bridgehead atoms. The molecule has 3 nitrogen and oxygen atoms in total. The fourth-order valence-corrected chi connectivity index (χ4v) is 1.69. The largest absolute Gasteiger partial charge is 0.493 e. The first-order chi connectivity index (χ1) is 8.83. The van der Waals surface area contributed by atoms with E-state index in [2.05, 4.69) is 0 Å². The topological polar surface area (TPSA) is 27.7 Å². The van der Waals surface area contributed by atoms with Gasteiger partial charge in [0.05, 0.1) is 0 Å². The summed E-state index contributed by atoms with van der Waals surface area (Å²) < 4.78 is 16.1. The van der Waals surface area contributed by atoms with Crippen LogP contribution in [0.4, 0.5) is 0 Å². The second kappa shape index (κ2) is 6.24. The predicted octanol–water partition coefficient (Wildman–Crippen LogP) is 2.47. The van der Waals surface area contributed by atoms with Crippen LogP contribution < -0.4 is 10.2 Å². The molecule has 2 aromatic rings. The fraction of sp³-hybridized carbons (Fsp3) is 0.143. The van der Waals surface area contributed by atoms with E-state index in [9.17, 15) is 0 Å². The zero-order chi connectivity index (χ0) is 12.8. The van der Waals surface area contributed by atoms with Crippen LogP contribution in [0.15, 0.2) is 54.6 Å². The first-order valence-electron chi connectivity index (χ1n) is 5.72. The highest BCUT2D eigenvalue weighted by atomic mass is 16.6. The minimum atomic E-state index is -0.337. The summed E-state index contributed by atoms with van der Waals surface area (Å²) in [4.78, 5) is 0. The lowest BCUT2D eigenvalue weighted by Crippen LogP contribution is -2.34. The average Bonchev–Trinajstić information content (AvgIpc) is 2.43. The SMILES string of the molecule is COB(OC)c1ccc(Oc2ccccc2)cc1. The Hall–Kier alpha value is -1.78. The normalized spacial score (nSPS) is 10.1. The second-order valence-electron chi connectivity index (χ2n) is 3.79. The maximum absolute atomic E-state index is 5.70. The molecule has 0 aliphatic carbocycles. The fourth-order valence-electron chi connectivity index (χ4n) is 1.69. The van der Waals surface area contributed by atoms with Crippen molar-refractivity contribution in [2.45, 2.75) is 0 Å². The molecule has 0 heterocycles. The summed E-state index contributed by atoms with van der Waals surface area (Å²) in [5.41, 5.74) is 0.959. The van der Waals surface area contributed by atoms with Gasteiger partial charge in [-0.05, 0) is 29.7 Å². The minimum Gasteiger partial charge on any atom is -0.457 e. The summed E-state index contributed by atoms with van der Waals surface area (Å²) >= 11 is 0.